The Kier molecular flexibility index (Phi) is 7.18. The quantitative estimate of drug-likeness (QED) is 0.535. The van der Waals surface area contributed by atoms with Crippen LogP contribution in [0.25, 0.3) is 0 Å². The molecule has 0 aromatic rings. The number of nitrogens with zero attached hydrogens (tertiary/aromatic N) is 3. The molecule has 3 amide bonds. The van der Waals surface area contributed by atoms with Gasteiger partial charge in [-0.05, 0) is 44.9 Å². The van der Waals surface area contributed by atoms with Crippen LogP contribution >= 0.6 is 0 Å². The van der Waals surface area contributed by atoms with E-state index >= 15 is 0 Å². The summed E-state index contributed by atoms with van der Waals surface area (Å²) in [7, 11) is 1.73. The predicted molar refractivity (Wildman–Crippen MR) is 146 cm³/mol. The number of ether oxygens (including phenoxy) is 1. The van der Waals surface area contributed by atoms with E-state index in [1.54, 1.807) is 16.8 Å². The lowest BCUT2D eigenvalue weighted by Gasteiger charge is -2.46. The third-order valence-corrected chi connectivity index (χ3v) is 8.74. The molecule has 4 rings (SSSR count). The molecule has 0 bridgehead atoms. The molecule has 0 aromatic heterocycles. The molecule has 4 aliphatic rings. The molecule has 4 aliphatic heterocycles. The average molecular weight is 530 g/mol. The highest BCUT2D eigenvalue weighted by molar-refractivity contribution is 6.00. The summed E-state index contributed by atoms with van der Waals surface area (Å²) < 4.78 is 6.87. The van der Waals surface area contributed by atoms with Crippen molar-refractivity contribution in [3.8, 4) is 0 Å². The number of likely N-dealkylation sites (N-methyl/N-ethyl adjacent to an activating group) is 1. The second kappa shape index (κ2) is 9.47. The van der Waals surface area contributed by atoms with Crippen LogP contribution in [0.2, 0.25) is 0 Å². The number of likely N-dealkylation sites (tertiary alicyclic amines) is 1. The highest BCUT2D eigenvalue weighted by Crippen LogP contribution is 2.58. The summed E-state index contributed by atoms with van der Waals surface area (Å²) in [6, 6.07) is -1.52. The Morgan fingerprint density at radius 3 is 2.21 bits per heavy atom. The number of hydrogen-bond donors (Lipinski definition) is 1. The number of hydrogen-bond acceptors (Lipinski definition) is 5. The zero-order valence-corrected chi connectivity index (χ0v) is 24.7. The largest absolute Gasteiger partial charge is 0.394 e. The molecule has 2 saturated heterocycles. The van der Waals surface area contributed by atoms with Gasteiger partial charge in [0.1, 0.15) is 11.6 Å². The van der Waals surface area contributed by atoms with Gasteiger partial charge in [-0.1, -0.05) is 58.9 Å². The number of rotatable bonds is 6. The smallest absolute Gasteiger partial charge is 0.249 e. The summed E-state index contributed by atoms with van der Waals surface area (Å²) in [5.41, 5.74) is -2.85. The van der Waals surface area contributed by atoms with Crippen LogP contribution in [-0.4, -0.2) is 93.1 Å². The minimum atomic E-state index is -1.30. The second-order valence-corrected chi connectivity index (χ2v) is 14.2. The molecular formula is C30H47N3O5. The van der Waals surface area contributed by atoms with Crippen molar-refractivity contribution >= 4 is 17.7 Å². The summed E-state index contributed by atoms with van der Waals surface area (Å²) in [6.07, 6.45) is 8.93. The van der Waals surface area contributed by atoms with Crippen molar-refractivity contribution in [3.05, 3.63) is 24.3 Å². The first-order chi connectivity index (χ1) is 17.5. The van der Waals surface area contributed by atoms with Gasteiger partial charge in [0.05, 0.1) is 30.1 Å². The highest BCUT2D eigenvalue weighted by atomic mass is 16.5. The van der Waals surface area contributed by atoms with Crippen molar-refractivity contribution in [2.45, 2.75) is 97.1 Å². The molecule has 1 N–H and O–H groups in total. The number of carbonyl (C=O) groups is 3. The van der Waals surface area contributed by atoms with E-state index in [1.807, 2.05) is 50.0 Å². The minimum absolute atomic E-state index is 0.0250. The third-order valence-electron chi connectivity index (χ3n) is 8.74. The first-order valence-corrected chi connectivity index (χ1v) is 14.0. The molecule has 0 aromatic carbocycles. The molecule has 4 heterocycles. The molecule has 8 heteroatoms. The van der Waals surface area contributed by atoms with E-state index in [1.165, 1.54) is 0 Å². The fourth-order valence-electron chi connectivity index (χ4n) is 7.73. The van der Waals surface area contributed by atoms with Gasteiger partial charge in [0, 0.05) is 25.7 Å². The second-order valence-electron chi connectivity index (χ2n) is 14.2. The Hall–Kier alpha value is -2.19. The molecule has 0 saturated carbocycles. The number of amides is 3. The Labute approximate surface area is 228 Å². The van der Waals surface area contributed by atoms with Crippen LogP contribution in [0, 0.1) is 23.2 Å². The predicted octanol–water partition coefficient (Wildman–Crippen LogP) is 3.01. The first-order valence-electron chi connectivity index (χ1n) is 14.0. The van der Waals surface area contributed by atoms with Gasteiger partial charge in [0.25, 0.3) is 0 Å². The summed E-state index contributed by atoms with van der Waals surface area (Å²) in [5, 5.41) is 10.5. The lowest BCUT2D eigenvalue weighted by molar-refractivity contribution is -0.159. The van der Waals surface area contributed by atoms with Gasteiger partial charge < -0.3 is 24.5 Å². The summed E-state index contributed by atoms with van der Waals surface area (Å²) in [6.45, 7) is 17.1. The summed E-state index contributed by atoms with van der Waals surface area (Å²) in [4.78, 5) is 48.0. The zero-order chi connectivity index (χ0) is 28.4. The van der Waals surface area contributed by atoms with E-state index in [0.717, 1.165) is 6.42 Å². The van der Waals surface area contributed by atoms with Crippen LogP contribution in [0.1, 0.15) is 68.2 Å². The van der Waals surface area contributed by atoms with E-state index in [2.05, 4.69) is 34.6 Å². The van der Waals surface area contributed by atoms with Gasteiger partial charge in [-0.25, -0.2) is 0 Å². The van der Waals surface area contributed by atoms with Crippen LogP contribution in [0.3, 0.4) is 0 Å². The lowest BCUT2D eigenvalue weighted by Crippen LogP contribution is -2.62. The van der Waals surface area contributed by atoms with Crippen LogP contribution < -0.4 is 0 Å². The molecule has 6 atom stereocenters. The molecule has 1 unspecified atom stereocenters. The van der Waals surface area contributed by atoms with Gasteiger partial charge in [-0.3, -0.25) is 14.4 Å². The molecule has 0 aliphatic carbocycles. The van der Waals surface area contributed by atoms with Crippen molar-refractivity contribution in [2.75, 3.05) is 26.7 Å². The fourth-order valence-corrected chi connectivity index (χ4v) is 7.73. The molecule has 38 heavy (non-hydrogen) atoms. The van der Waals surface area contributed by atoms with Gasteiger partial charge in [0.15, 0.2) is 0 Å². The maximum atomic E-state index is 14.7. The van der Waals surface area contributed by atoms with Crippen LogP contribution in [0.15, 0.2) is 24.3 Å². The minimum Gasteiger partial charge on any atom is -0.394 e. The van der Waals surface area contributed by atoms with Gasteiger partial charge in [-0.15, -0.1) is 0 Å². The zero-order valence-electron chi connectivity index (χ0n) is 24.7. The van der Waals surface area contributed by atoms with E-state index in [4.69, 9.17) is 4.74 Å². The molecule has 212 valence electrons. The summed E-state index contributed by atoms with van der Waals surface area (Å²) in [5.74, 6) is -2.06. The Balaban J connectivity index is 1.90. The lowest BCUT2D eigenvalue weighted by atomic mass is 9.74. The van der Waals surface area contributed by atoms with E-state index in [-0.39, 0.29) is 35.7 Å². The van der Waals surface area contributed by atoms with Crippen LogP contribution in [-0.2, 0) is 19.1 Å². The third kappa shape index (κ3) is 4.51. The molecule has 0 radical (unpaired) electrons. The monoisotopic (exact) mass is 529 g/mol. The van der Waals surface area contributed by atoms with Crippen molar-refractivity contribution in [2.24, 2.45) is 23.2 Å². The van der Waals surface area contributed by atoms with E-state index in [9.17, 15) is 19.5 Å². The molecule has 1 spiro atoms. The number of carbonyl (C=O) groups excluding carboxylic acids is 3. The maximum absolute atomic E-state index is 14.7. The number of fused-ring (bicyclic) bond motifs is 2. The van der Waals surface area contributed by atoms with Crippen LogP contribution in [0.4, 0.5) is 0 Å². The maximum Gasteiger partial charge on any atom is 0.249 e. The molecule has 2 fully saturated rings. The SMILES string of the molecule is CC(C)C[C@H](CO)N1C(=O)[C@@H]2[C@H]3C(=O)N(C)CC=C[C@@]3(C)O[C@@]23C=CCN(C(C)(C)CC(C)(C)C)C(=O)C13. The van der Waals surface area contributed by atoms with Gasteiger partial charge in [0.2, 0.25) is 17.7 Å². The highest BCUT2D eigenvalue weighted by Gasteiger charge is 2.75. The number of aliphatic hydroxyl groups is 1. The Morgan fingerprint density at radius 2 is 1.63 bits per heavy atom. The first kappa shape index (κ1) is 28.8. The van der Waals surface area contributed by atoms with Gasteiger partial charge >= 0.3 is 0 Å². The molecular weight excluding hydrogens is 482 g/mol. The van der Waals surface area contributed by atoms with Crippen molar-refractivity contribution in [1.82, 2.24) is 14.7 Å². The van der Waals surface area contributed by atoms with Gasteiger partial charge in [-0.2, -0.15) is 0 Å². The van der Waals surface area contributed by atoms with E-state index in [0.29, 0.717) is 19.5 Å². The fraction of sp³-hybridized carbons (Fsp3) is 0.767. The summed E-state index contributed by atoms with van der Waals surface area (Å²) >= 11 is 0. The Bertz CT molecular complexity index is 1040. The topological polar surface area (TPSA) is 90.4 Å². The average Bonchev–Trinajstić information content (AvgIpc) is 3.05. The van der Waals surface area contributed by atoms with Crippen LogP contribution in [0.5, 0.6) is 0 Å². The Morgan fingerprint density at radius 1 is 1.00 bits per heavy atom. The standard InChI is InChI=1S/C30H47N3O5/c1-19(2)16-20(17-34)33-23-26(37)32(28(6,7)18-27(3,4)5)15-11-13-30(23)22(25(33)36)21-24(35)31(9)14-10-12-29(21,8)38-30/h10-13,19-23,34H,14-18H2,1-9H3/t20-,21+,22+,23?,29-,30+/m1/s1. The molecule has 8 nitrogen and oxygen atoms in total. The van der Waals surface area contributed by atoms with Crippen molar-refractivity contribution in [3.63, 3.8) is 0 Å². The normalized spacial score (nSPS) is 34.4. The number of aliphatic hydroxyl groups excluding tert-OH is 1. The van der Waals surface area contributed by atoms with Crippen molar-refractivity contribution in [1.29, 1.82) is 0 Å². The van der Waals surface area contributed by atoms with Crippen molar-refractivity contribution < 1.29 is 24.2 Å². The van der Waals surface area contributed by atoms with E-state index < -0.39 is 40.7 Å².